The van der Waals surface area contributed by atoms with Crippen LogP contribution in [0.15, 0.2) is 64.3 Å². The number of sulfonamides is 1. The lowest BCUT2D eigenvalue weighted by atomic mass is 10.1. The molecule has 2 unspecified atom stereocenters. The Labute approximate surface area is 163 Å². The fraction of sp³-hybridized carbons (Fsp3) is 0.300. The first kappa shape index (κ1) is 18.8. The highest BCUT2D eigenvalue weighted by atomic mass is 32.2. The van der Waals surface area contributed by atoms with Crippen LogP contribution in [0.5, 0.6) is 0 Å². The van der Waals surface area contributed by atoms with Crippen LogP contribution in [0.1, 0.15) is 35.8 Å². The van der Waals surface area contributed by atoms with Gasteiger partial charge in [-0.2, -0.15) is 9.29 Å². The minimum Gasteiger partial charge on any atom is -0.343 e. The Morgan fingerprint density at radius 1 is 1.11 bits per heavy atom. The van der Waals surface area contributed by atoms with Crippen molar-refractivity contribution >= 4 is 10.0 Å². The summed E-state index contributed by atoms with van der Waals surface area (Å²) in [4.78, 5) is 4.28. The van der Waals surface area contributed by atoms with Gasteiger partial charge in [-0.15, -0.1) is 0 Å². The summed E-state index contributed by atoms with van der Waals surface area (Å²) in [6, 6.07) is 12.1. The molecule has 0 radical (unpaired) electrons. The lowest BCUT2D eigenvalue weighted by Crippen LogP contribution is -2.38. The fourth-order valence-electron chi connectivity index (χ4n) is 3.74. The second-order valence-corrected chi connectivity index (χ2v) is 8.84. The first-order valence-electron chi connectivity index (χ1n) is 9.06. The van der Waals surface area contributed by atoms with Gasteiger partial charge in [0.25, 0.3) is 0 Å². The van der Waals surface area contributed by atoms with Gasteiger partial charge >= 0.3 is 0 Å². The van der Waals surface area contributed by atoms with E-state index in [9.17, 15) is 12.8 Å². The number of nitrogens with zero attached hydrogens (tertiary/aromatic N) is 3. The van der Waals surface area contributed by atoms with E-state index in [1.54, 1.807) is 36.4 Å². The van der Waals surface area contributed by atoms with Crippen LogP contribution in [-0.4, -0.2) is 28.9 Å². The van der Waals surface area contributed by atoms with Crippen molar-refractivity contribution in [2.24, 2.45) is 0 Å². The molecule has 0 saturated carbocycles. The van der Waals surface area contributed by atoms with E-state index in [4.69, 9.17) is 4.52 Å². The average molecular weight is 401 g/mol. The van der Waals surface area contributed by atoms with Gasteiger partial charge in [-0.1, -0.05) is 35.0 Å². The molecule has 6 nitrogen and oxygen atoms in total. The standard InChI is InChI=1S/C20H20FN3O3S/c1-14-2-9-18(10-3-14)28(25,26)24-17(12-20-22-13-27-23-20)8-11-19(24)15-4-6-16(21)7-5-15/h2-7,9-10,13,17,19H,8,11-12H2,1H3. The maximum atomic E-state index is 13.5. The third-order valence-corrected chi connectivity index (χ3v) is 7.09. The molecule has 4 rings (SSSR count). The topological polar surface area (TPSA) is 76.3 Å². The summed E-state index contributed by atoms with van der Waals surface area (Å²) in [5, 5.41) is 3.83. The van der Waals surface area contributed by atoms with Crippen LogP contribution in [0.2, 0.25) is 0 Å². The quantitative estimate of drug-likeness (QED) is 0.652. The molecular formula is C20H20FN3O3S. The first-order valence-corrected chi connectivity index (χ1v) is 10.5. The normalized spacial score (nSPS) is 20.5. The van der Waals surface area contributed by atoms with Gasteiger partial charge in [-0.05, 0) is 49.6 Å². The molecule has 8 heteroatoms. The Morgan fingerprint density at radius 2 is 1.82 bits per heavy atom. The minimum absolute atomic E-state index is 0.241. The summed E-state index contributed by atoms with van der Waals surface area (Å²) in [6.45, 7) is 1.91. The number of hydrogen-bond donors (Lipinski definition) is 0. The monoisotopic (exact) mass is 401 g/mol. The lowest BCUT2D eigenvalue weighted by Gasteiger charge is -2.29. The molecule has 2 atom stereocenters. The van der Waals surface area contributed by atoms with Crippen LogP contribution in [0.3, 0.4) is 0 Å². The molecule has 1 aromatic heterocycles. The number of aromatic nitrogens is 2. The zero-order valence-corrected chi connectivity index (χ0v) is 16.1. The van der Waals surface area contributed by atoms with Crippen molar-refractivity contribution in [2.75, 3.05) is 0 Å². The number of aryl methyl sites for hydroxylation is 1. The van der Waals surface area contributed by atoms with Crippen LogP contribution >= 0.6 is 0 Å². The van der Waals surface area contributed by atoms with E-state index >= 15 is 0 Å². The molecule has 1 fully saturated rings. The van der Waals surface area contributed by atoms with Crippen molar-refractivity contribution in [3.63, 3.8) is 0 Å². The van der Waals surface area contributed by atoms with E-state index < -0.39 is 10.0 Å². The molecular weight excluding hydrogens is 381 g/mol. The van der Waals surface area contributed by atoms with Crippen molar-refractivity contribution in [3.8, 4) is 0 Å². The molecule has 0 spiro atoms. The van der Waals surface area contributed by atoms with Crippen LogP contribution in [0, 0.1) is 12.7 Å². The van der Waals surface area contributed by atoms with Gasteiger partial charge in [0.15, 0.2) is 5.82 Å². The third kappa shape index (κ3) is 3.57. The maximum Gasteiger partial charge on any atom is 0.243 e. The molecule has 1 aliphatic heterocycles. The van der Waals surface area contributed by atoms with Crippen LogP contribution in [0.25, 0.3) is 0 Å². The predicted octanol–water partition coefficient (Wildman–Crippen LogP) is 3.65. The highest BCUT2D eigenvalue weighted by molar-refractivity contribution is 7.89. The zero-order valence-electron chi connectivity index (χ0n) is 15.3. The van der Waals surface area contributed by atoms with E-state index in [-0.39, 0.29) is 22.8 Å². The first-order chi connectivity index (χ1) is 13.4. The van der Waals surface area contributed by atoms with Gasteiger partial charge in [0.1, 0.15) is 5.82 Å². The molecule has 0 amide bonds. The third-order valence-electron chi connectivity index (χ3n) is 5.12. The van der Waals surface area contributed by atoms with Crippen molar-refractivity contribution in [3.05, 3.63) is 77.7 Å². The zero-order chi connectivity index (χ0) is 19.7. The smallest absolute Gasteiger partial charge is 0.243 e. The number of hydrogen-bond acceptors (Lipinski definition) is 5. The summed E-state index contributed by atoms with van der Waals surface area (Å²) in [7, 11) is -3.76. The summed E-state index contributed by atoms with van der Waals surface area (Å²) in [6.07, 6.45) is 2.89. The van der Waals surface area contributed by atoms with Gasteiger partial charge in [-0.3, -0.25) is 0 Å². The minimum atomic E-state index is -3.76. The Hall–Kier alpha value is -2.58. The molecule has 1 aliphatic rings. The SMILES string of the molecule is Cc1ccc(S(=O)(=O)N2C(Cc3ncon3)CCC2c2ccc(F)cc2)cc1. The lowest BCUT2D eigenvalue weighted by molar-refractivity contribution is 0.317. The van der Waals surface area contributed by atoms with Gasteiger partial charge in [0.05, 0.1) is 10.9 Å². The van der Waals surface area contributed by atoms with Crippen LogP contribution in [-0.2, 0) is 16.4 Å². The summed E-state index contributed by atoms with van der Waals surface area (Å²) >= 11 is 0. The molecule has 0 bridgehead atoms. The number of benzene rings is 2. The summed E-state index contributed by atoms with van der Waals surface area (Å²) < 4.78 is 46.7. The Kier molecular flexibility index (Phi) is 4.99. The van der Waals surface area contributed by atoms with Gasteiger partial charge in [-0.25, -0.2) is 12.8 Å². The summed E-state index contributed by atoms with van der Waals surface area (Å²) in [5.41, 5.74) is 1.76. The van der Waals surface area contributed by atoms with E-state index in [1.807, 2.05) is 6.92 Å². The molecule has 0 N–H and O–H groups in total. The molecule has 0 aliphatic carbocycles. The van der Waals surface area contributed by atoms with E-state index in [1.165, 1.54) is 22.8 Å². The van der Waals surface area contributed by atoms with E-state index in [2.05, 4.69) is 10.1 Å². The highest BCUT2D eigenvalue weighted by Gasteiger charge is 2.43. The molecule has 2 heterocycles. The molecule has 28 heavy (non-hydrogen) atoms. The van der Waals surface area contributed by atoms with Crippen molar-refractivity contribution < 1.29 is 17.3 Å². The second-order valence-electron chi connectivity index (χ2n) is 7.00. The van der Waals surface area contributed by atoms with Crippen molar-refractivity contribution in [2.45, 2.75) is 43.2 Å². The molecule has 146 valence electrons. The Balaban J connectivity index is 1.74. The number of rotatable bonds is 5. The van der Waals surface area contributed by atoms with Gasteiger partial charge in [0, 0.05) is 12.5 Å². The van der Waals surface area contributed by atoms with Crippen LogP contribution < -0.4 is 0 Å². The second kappa shape index (κ2) is 7.44. The average Bonchev–Trinajstić information content (AvgIpc) is 3.33. The molecule has 2 aromatic carbocycles. The highest BCUT2D eigenvalue weighted by Crippen LogP contribution is 2.41. The Morgan fingerprint density at radius 3 is 2.46 bits per heavy atom. The van der Waals surface area contributed by atoms with Crippen LogP contribution in [0.4, 0.5) is 4.39 Å². The molecule has 3 aromatic rings. The van der Waals surface area contributed by atoms with Gasteiger partial charge < -0.3 is 4.52 Å². The number of halogens is 1. The van der Waals surface area contributed by atoms with Crippen molar-refractivity contribution in [1.82, 2.24) is 14.4 Å². The largest absolute Gasteiger partial charge is 0.343 e. The Bertz CT molecular complexity index is 1040. The molecule has 1 saturated heterocycles. The maximum absolute atomic E-state index is 13.5. The van der Waals surface area contributed by atoms with E-state index in [0.29, 0.717) is 25.1 Å². The van der Waals surface area contributed by atoms with Crippen molar-refractivity contribution in [1.29, 1.82) is 0 Å². The predicted molar refractivity (Wildman–Crippen MR) is 100 cm³/mol. The van der Waals surface area contributed by atoms with Gasteiger partial charge in [0.2, 0.25) is 16.4 Å². The summed E-state index contributed by atoms with van der Waals surface area (Å²) in [5.74, 6) is 0.117. The fourth-order valence-corrected chi connectivity index (χ4v) is 5.60. The van der Waals surface area contributed by atoms with E-state index in [0.717, 1.165) is 11.1 Å².